The van der Waals surface area contributed by atoms with Gasteiger partial charge in [-0.1, -0.05) is 62.4 Å². The maximum absolute atomic E-state index is 14.1. The predicted octanol–water partition coefficient (Wildman–Crippen LogP) is 6.61. The first-order chi connectivity index (χ1) is 19.7. The number of hydrogen-bond donors (Lipinski definition) is 4. The Bertz CT molecular complexity index is 1420. The maximum atomic E-state index is 14.1. The van der Waals surface area contributed by atoms with Gasteiger partial charge >= 0.3 is 0 Å². The van der Waals surface area contributed by atoms with Crippen molar-refractivity contribution in [1.29, 1.82) is 0 Å². The molecule has 1 amide bonds. The molecule has 4 rings (SSSR count). The van der Waals surface area contributed by atoms with Crippen LogP contribution in [0.5, 0.6) is 0 Å². The molecule has 1 aromatic heterocycles. The van der Waals surface area contributed by atoms with Crippen molar-refractivity contribution in [2.45, 2.75) is 70.8 Å². The lowest BCUT2D eigenvalue weighted by Gasteiger charge is -2.21. The fraction of sp³-hybridized carbons (Fsp3) is 0.324. The molecule has 1 unspecified atom stereocenters. The minimum absolute atomic E-state index is 0.0684. The van der Waals surface area contributed by atoms with E-state index in [1.54, 1.807) is 19.1 Å². The zero-order valence-corrected chi connectivity index (χ0v) is 23.8. The van der Waals surface area contributed by atoms with Gasteiger partial charge in [0.1, 0.15) is 5.82 Å². The maximum Gasteiger partial charge on any atom is 0.258 e. The van der Waals surface area contributed by atoms with E-state index in [9.17, 15) is 24.5 Å². The lowest BCUT2D eigenvalue weighted by Crippen LogP contribution is -2.23. The average molecular weight is 559 g/mol. The van der Waals surface area contributed by atoms with Gasteiger partial charge in [-0.05, 0) is 79.6 Å². The molecule has 0 fully saturated rings. The van der Waals surface area contributed by atoms with E-state index in [0.29, 0.717) is 24.2 Å². The molecule has 3 atom stereocenters. The number of halogens is 1. The number of aliphatic hydroxyl groups is 3. The summed E-state index contributed by atoms with van der Waals surface area (Å²) in [5.41, 5.74) is 5.08. The van der Waals surface area contributed by atoms with E-state index in [1.165, 1.54) is 12.1 Å². The zero-order chi connectivity index (χ0) is 29.5. The molecule has 4 N–H and O–H groups in total. The molecule has 0 aliphatic heterocycles. The van der Waals surface area contributed by atoms with Crippen LogP contribution in [-0.4, -0.2) is 44.1 Å². The van der Waals surface area contributed by atoms with Crippen LogP contribution < -0.4 is 5.32 Å². The number of nitrogens with one attached hydrogen (secondary N) is 1. The topological polar surface area (TPSA) is 94.7 Å². The number of carbonyl (C=O) groups excluding carboxylic acids is 1. The molecular weight excluding hydrogens is 519 g/mol. The molecule has 7 heteroatoms. The summed E-state index contributed by atoms with van der Waals surface area (Å²) in [6.07, 6.45) is -1.70. The number of anilines is 1. The van der Waals surface area contributed by atoms with Crippen LogP contribution in [0.2, 0.25) is 0 Å². The number of amides is 1. The minimum Gasteiger partial charge on any atom is -0.393 e. The number of benzene rings is 3. The Hall–Kier alpha value is -3.78. The fourth-order valence-corrected chi connectivity index (χ4v) is 5.41. The highest BCUT2D eigenvalue weighted by Crippen LogP contribution is 2.42. The van der Waals surface area contributed by atoms with Gasteiger partial charge in [0, 0.05) is 23.5 Å². The molecule has 0 aliphatic rings. The first-order valence-corrected chi connectivity index (χ1v) is 14.1. The highest BCUT2D eigenvalue weighted by atomic mass is 19.1. The Balaban J connectivity index is 1.89. The second-order valence-electron chi connectivity index (χ2n) is 10.9. The van der Waals surface area contributed by atoms with Crippen LogP contribution in [0.1, 0.15) is 62.0 Å². The van der Waals surface area contributed by atoms with Crippen LogP contribution >= 0.6 is 0 Å². The summed E-state index contributed by atoms with van der Waals surface area (Å²) in [5, 5.41) is 33.8. The smallest absolute Gasteiger partial charge is 0.258 e. The SMILES string of the molecule is CC(O)C[C@H](O)C[C@H](O)CCn1c(-c2ccc(F)cc2)c(-c2ccccc2)c(C(=O)Nc2ccccc2)c1C(C)C. The van der Waals surface area contributed by atoms with Crippen LogP contribution in [0.25, 0.3) is 22.4 Å². The Labute approximate surface area is 241 Å². The largest absolute Gasteiger partial charge is 0.393 e. The van der Waals surface area contributed by atoms with Gasteiger partial charge in [0.25, 0.3) is 5.91 Å². The first kappa shape index (κ1) is 30.2. The molecule has 0 aliphatic carbocycles. The number of aromatic nitrogens is 1. The molecule has 4 aromatic rings. The summed E-state index contributed by atoms with van der Waals surface area (Å²) in [4.78, 5) is 14.1. The van der Waals surface area contributed by atoms with Crippen molar-refractivity contribution >= 4 is 11.6 Å². The summed E-state index contributed by atoms with van der Waals surface area (Å²) in [5.74, 6) is -0.684. The van der Waals surface area contributed by atoms with Gasteiger partial charge in [-0.15, -0.1) is 0 Å². The zero-order valence-electron chi connectivity index (χ0n) is 23.8. The number of nitrogens with zero attached hydrogens (tertiary/aromatic N) is 1. The van der Waals surface area contributed by atoms with Crippen LogP contribution in [-0.2, 0) is 6.54 Å². The Morgan fingerprint density at radius 1 is 0.805 bits per heavy atom. The van der Waals surface area contributed by atoms with E-state index < -0.39 is 18.3 Å². The summed E-state index contributed by atoms with van der Waals surface area (Å²) >= 11 is 0. The second-order valence-corrected chi connectivity index (χ2v) is 10.9. The second kappa shape index (κ2) is 13.7. The lowest BCUT2D eigenvalue weighted by atomic mass is 9.94. The average Bonchev–Trinajstić information content (AvgIpc) is 3.28. The molecule has 1 heterocycles. The van der Waals surface area contributed by atoms with Gasteiger partial charge in [0.2, 0.25) is 0 Å². The van der Waals surface area contributed by atoms with E-state index >= 15 is 0 Å². The van der Waals surface area contributed by atoms with Gasteiger partial charge in [0.15, 0.2) is 0 Å². The number of carbonyl (C=O) groups is 1. The van der Waals surface area contributed by atoms with E-state index in [2.05, 4.69) is 9.88 Å². The van der Waals surface area contributed by atoms with Crippen molar-refractivity contribution in [2.75, 3.05) is 5.32 Å². The molecule has 0 bridgehead atoms. The fourth-order valence-electron chi connectivity index (χ4n) is 5.41. The van der Waals surface area contributed by atoms with Gasteiger partial charge in [0.05, 0.1) is 29.6 Å². The summed E-state index contributed by atoms with van der Waals surface area (Å²) in [6, 6.07) is 25.2. The quantitative estimate of drug-likeness (QED) is 0.157. The Morgan fingerprint density at radius 3 is 2.00 bits per heavy atom. The highest BCUT2D eigenvalue weighted by molar-refractivity contribution is 6.12. The summed E-state index contributed by atoms with van der Waals surface area (Å²) in [7, 11) is 0. The number of rotatable bonds is 12. The number of para-hydroxylation sites is 1. The summed E-state index contributed by atoms with van der Waals surface area (Å²) in [6.45, 7) is 6.02. The van der Waals surface area contributed by atoms with Crippen molar-refractivity contribution in [1.82, 2.24) is 4.57 Å². The van der Waals surface area contributed by atoms with Crippen molar-refractivity contribution in [3.63, 3.8) is 0 Å². The number of aliphatic hydroxyl groups excluding tert-OH is 3. The molecule has 0 spiro atoms. The molecule has 216 valence electrons. The van der Waals surface area contributed by atoms with Gasteiger partial charge < -0.3 is 25.2 Å². The van der Waals surface area contributed by atoms with Crippen molar-refractivity contribution in [3.8, 4) is 22.4 Å². The van der Waals surface area contributed by atoms with Crippen LogP contribution in [0, 0.1) is 5.82 Å². The first-order valence-electron chi connectivity index (χ1n) is 14.1. The Morgan fingerprint density at radius 2 is 1.41 bits per heavy atom. The van der Waals surface area contributed by atoms with Crippen LogP contribution in [0.3, 0.4) is 0 Å². The van der Waals surface area contributed by atoms with Gasteiger partial charge in [-0.2, -0.15) is 0 Å². The van der Waals surface area contributed by atoms with E-state index in [4.69, 9.17) is 0 Å². The Kier molecular flexibility index (Phi) is 10.1. The van der Waals surface area contributed by atoms with E-state index in [0.717, 1.165) is 28.1 Å². The molecule has 0 radical (unpaired) electrons. The van der Waals surface area contributed by atoms with Crippen LogP contribution in [0.15, 0.2) is 84.9 Å². The molecule has 6 nitrogen and oxygen atoms in total. The van der Waals surface area contributed by atoms with Crippen molar-refractivity contribution in [3.05, 3.63) is 102 Å². The molecular formula is C34H39FN2O4. The summed E-state index contributed by atoms with van der Waals surface area (Å²) < 4.78 is 16.1. The van der Waals surface area contributed by atoms with Crippen molar-refractivity contribution < 1.29 is 24.5 Å². The van der Waals surface area contributed by atoms with Crippen LogP contribution in [0.4, 0.5) is 10.1 Å². The third-order valence-electron chi connectivity index (χ3n) is 7.13. The number of hydrogen-bond acceptors (Lipinski definition) is 4. The third-order valence-corrected chi connectivity index (χ3v) is 7.13. The van der Waals surface area contributed by atoms with E-state index in [1.807, 2.05) is 74.5 Å². The highest BCUT2D eigenvalue weighted by Gasteiger charge is 2.31. The lowest BCUT2D eigenvalue weighted by molar-refractivity contribution is 0.0408. The normalized spacial score (nSPS) is 13.7. The minimum atomic E-state index is -0.831. The molecule has 0 saturated carbocycles. The predicted molar refractivity (Wildman–Crippen MR) is 161 cm³/mol. The van der Waals surface area contributed by atoms with Gasteiger partial charge in [-0.3, -0.25) is 4.79 Å². The molecule has 3 aromatic carbocycles. The van der Waals surface area contributed by atoms with Gasteiger partial charge in [-0.25, -0.2) is 4.39 Å². The standard InChI is InChI=1S/C34H39FN2O4/c1-22(2)32-31(34(41)36-27-12-8-5-9-13-27)30(24-10-6-4-7-11-24)33(25-14-16-26(35)17-15-25)37(32)19-18-28(39)21-29(40)20-23(3)38/h4-17,22-23,28-29,38-40H,18-21H2,1-3H3,(H,36,41)/t23?,28-,29+/m1/s1. The monoisotopic (exact) mass is 558 g/mol. The van der Waals surface area contributed by atoms with Crippen molar-refractivity contribution in [2.24, 2.45) is 0 Å². The van der Waals surface area contributed by atoms with E-state index in [-0.39, 0.29) is 30.5 Å². The molecule has 41 heavy (non-hydrogen) atoms. The molecule has 0 saturated heterocycles. The third kappa shape index (κ3) is 7.50.